The molecule has 0 aromatic carbocycles. The van der Waals surface area contributed by atoms with E-state index in [2.05, 4.69) is 69.4 Å². The van der Waals surface area contributed by atoms with Gasteiger partial charge in [0.25, 0.3) is 0 Å². The van der Waals surface area contributed by atoms with Gasteiger partial charge in [0, 0.05) is 19.3 Å². The van der Waals surface area contributed by atoms with E-state index < -0.39 is 6.10 Å². The Bertz CT molecular complexity index is 1090. The normalized spacial score (nSPS) is 12.4. The zero-order chi connectivity index (χ0) is 45.1. The van der Waals surface area contributed by atoms with Crippen molar-refractivity contribution in [3.63, 3.8) is 0 Å². The molecule has 0 N–H and O–H groups in total. The SMILES string of the molecule is CC\C=C/C=C\C=C/CCCCCCCC(=O)OCC(COC(=O)CCCCCCC/C=C\CCCCCCCCC)OC(=O)CCCCCCCCCCCCCCCCC. The fourth-order valence-electron chi connectivity index (χ4n) is 7.61. The third-order valence-corrected chi connectivity index (χ3v) is 11.6. The zero-order valence-corrected chi connectivity index (χ0v) is 41.1. The summed E-state index contributed by atoms with van der Waals surface area (Å²) < 4.78 is 16.8. The zero-order valence-electron chi connectivity index (χ0n) is 41.1. The Morgan fingerprint density at radius 1 is 0.339 bits per heavy atom. The van der Waals surface area contributed by atoms with E-state index in [9.17, 15) is 14.4 Å². The fourth-order valence-corrected chi connectivity index (χ4v) is 7.61. The van der Waals surface area contributed by atoms with E-state index >= 15 is 0 Å². The standard InChI is InChI=1S/C56H100O6/c1-4-7-10-13-16-19-22-25-27-29-31-34-37-40-43-46-49-55(58)61-52-53(51-60-54(57)48-45-42-39-36-33-30-24-21-18-15-12-9-6-3)62-56(59)50-47-44-41-38-35-32-28-26-23-20-17-14-11-8-5-2/h9,12,15,18,21,24,27,29,53H,4-8,10-11,13-14,16-17,19-20,22-23,25-26,28,30-52H2,1-3H3/b12-9-,18-15-,24-21-,29-27-. The van der Waals surface area contributed by atoms with Crippen molar-refractivity contribution in [2.75, 3.05) is 13.2 Å². The first-order valence-corrected chi connectivity index (χ1v) is 26.7. The van der Waals surface area contributed by atoms with E-state index in [-0.39, 0.29) is 31.1 Å². The lowest BCUT2D eigenvalue weighted by Gasteiger charge is -2.18. The Kier molecular flexibility index (Phi) is 48.8. The molecule has 0 fully saturated rings. The molecule has 0 spiro atoms. The second-order valence-corrected chi connectivity index (χ2v) is 17.8. The maximum Gasteiger partial charge on any atom is 0.306 e. The monoisotopic (exact) mass is 869 g/mol. The molecule has 0 saturated carbocycles. The minimum Gasteiger partial charge on any atom is -0.462 e. The van der Waals surface area contributed by atoms with Gasteiger partial charge in [-0.05, 0) is 64.2 Å². The number of ether oxygens (including phenoxy) is 3. The van der Waals surface area contributed by atoms with Crippen LogP contribution in [0.15, 0.2) is 48.6 Å². The molecule has 0 rings (SSSR count). The van der Waals surface area contributed by atoms with Crippen LogP contribution < -0.4 is 0 Å². The summed E-state index contributed by atoms with van der Waals surface area (Å²) in [4.78, 5) is 38.0. The van der Waals surface area contributed by atoms with Crippen LogP contribution in [0.25, 0.3) is 0 Å². The third-order valence-electron chi connectivity index (χ3n) is 11.6. The van der Waals surface area contributed by atoms with Gasteiger partial charge in [-0.3, -0.25) is 14.4 Å². The van der Waals surface area contributed by atoms with Crippen molar-refractivity contribution in [1.82, 2.24) is 0 Å². The van der Waals surface area contributed by atoms with E-state index in [1.165, 1.54) is 141 Å². The average Bonchev–Trinajstić information content (AvgIpc) is 3.27. The molecule has 0 radical (unpaired) electrons. The number of carbonyl (C=O) groups is 3. The topological polar surface area (TPSA) is 78.9 Å². The van der Waals surface area contributed by atoms with Crippen LogP contribution in [0.5, 0.6) is 0 Å². The lowest BCUT2D eigenvalue weighted by molar-refractivity contribution is -0.167. The smallest absolute Gasteiger partial charge is 0.306 e. The quantitative estimate of drug-likeness (QED) is 0.0199. The number of carbonyl (C=O) groups excluding carboxylic acids is 3. The lowest BCUT2D eigenvalue weighted by atomic mass is 10.0. The molecule has 0 aliphatic carbocycles. The molecule has 0 aliphatic rings. The van der Waals surface area contributed by atoms with Gasteiger partial charge in [-0.1, -0.05) is 236 Å². The molecular weight excluding hydrogens is 769 g/mol. The molecule has 0 aliphatic heterocycles. The second-order valence-electron chi connectivity index (χ2n) is 17.8. The van der Waals surface area contributed by atoms with Crippen molar-refractivity contribution in [3.8, 4) is 0 Å². The van der Waals surface area contributed by atoms with Crippen LogP contribution in [-0.4, -0.2) is 37.2 Å². The van der Waals surface area contributed by atoms with Gasteiger partial charge in [0.1, 0.15) is 13.2 Å². The minimum atomic E-state index is -0.781. The summed E-state index contributed by atoms with van der Waals surface area (Å²) in [5, 5.41) is 0. The van der Waals surface area contributed by atoms with E-state index in [0.29, 0.717) is 19.3 Å². The molecule has 0 heterocycles. The van der Waals surface area contributed by atoms with Crippen LogP contribution in [0.2, 0.25) is 0 Å². The molecule has 1 atom stereocenters. The van der Waals surface area contributed by atoms with Crippen LogP contribution in [0.1, 0.15) is 271 Å². The largest absolute Gasteiger partial charge is 0.462 e. The molecule has 0 bridgehead atoms. The van der Waals surface area contributed by atoms with Crippen LogP contribution >= 0.6 is 0 Å². The Balaban J connectivity index is 4.38. The molecule has 0 saturated heterocycles. The summed E-state index contributed by atoms with van der Waals surface area (Å²) in [5.74, 6) is -0.900. The predicted octanol–water partition coefficient (Wildman–Crippen LogP) is 17.5. The Morgan fingerprint density at radius 3 is 1.02 bits per heavy atom. The molecule has 6 nitrogen and oxygen atoms in total. The van der Waals surface area contributed by atoms with E-state index in [0.717, 1.165) is 89.9 Å². The van der Waals surface area contributed by atoms with Crippen LogP contribution in [0.3, 0.4) is 0 Å². The summed E-state index contributed by atoms with van der Waals surface area (Å²) in [7, 11) is 0. The molecule has 6 heteroatoms. The van der Waals surface area contributed by atoms with Gasteiger partial charge < -0.3 is 14.2 Å². The van der Waals surface area contributed by atoms with Crippen molar-refractivity contribution in [2.45, 2.75) is 277 Å². The first-order chi connectivity index (χ1) is 30.5. The lowest BCUT2D eigenvalue weighted by Crippen LogP contribution is -2.30. The summed E-state index contributed by atoms with van der Waals surface area (Å²) in [6.07, 6.45) is 60.9. The first-order valence-electron chi connectivity index (χ1n) is 26.7. The van der Waals surface area contributed by atoms with Crippen molar-refractivity contribution >= 4 is 17.9 Å². The van der Waals surface area contributed by atoms with E-state index in [1.54, 1.807) is 0 Å². The summed E-state index contributed by atoms with van der Waals surface area (Å²) >= 11 is 0. The van der Waals surface area contributed by atoms with E-state index in [1.807, 2.05) is 0 Å². The Hall–Kier alpha value is -2.63. The Labute approximate surface area is 384 Å². The molecular formula is C56H100O6. The van der Waals surface area contributed by atoms with Gasteiger partial charge in [0.15, 0.2) is 6.10 Å². The molecule has 62 heavy (non-hydrogen) atoms. The van der Waals surface area contributed by atoms with Gasteiger partial charge >= 0.3 is 17.9 Å². The number of rotatable bonds is 48. The second kappa shape index (κ2) is 51.0. The van der Waals surface area contributed by atoms with Crippen LogP contribution in [0, 0.1) is 0 Å². The van der Waals surface area contributed by atoms with Gasteiger partial charge in [-0.15, -0.1) is 0 Å². The molecule has 0 aromatic rings. The van der Waals surface area contributed by atoms with Gasteiger partial charge in [0.2, 0.25) is 0 Å². The first kappa shape index (κ1) is 59.4. The van der Waals surface area contributed by atoms with Crippen molar-refractivity contribution in [2.24, 2.45) is 0 Å². The number of esters is 3. The van der Waals surface area contributed by atoms with E-state index in [4.69, 9.17) is 14.2 Å². The van der Waals surface area contributed by atoms with Gasteiger partial charge in [-0.2, -0.15) is 0 Å². The summed E-state index contributed by atoms with van der Waals surface area (Å²) in [6.45, 7) is 6.50. The third kappa shape index (κ3) is 48.4. The summed E-state index contributed by atoms with van der Waals surface area (Å²) in [6, 6.07) is 0. The maximum atomic E-state index is 12.8. The minimum absolute atomic E-state index is 0.0818. The number of unbranched alkanes of at least 4 members (excludes halogenated alkanes) is 31. The molecule has 1 unspecified atom stereocenters. The Morgan fingerprint density at radius 2 is 0.645 bits per heavy atom. The molecule has 360 valence electrons. The summed E-state index contributed by atoms with van der Waals surface area (Å²) in [5.41, 5.74) is 0. The maximum absolute atomic E-state index is 12.8. The van der Waals surface area contributed by atoms with Crippen molar-refractivity contribution in [3.05, 3.63) is 48.6 Å². The highest BCUT2D eigenvalue weighted by molar-refractivity contribution is 5.71. The van der Waals surface area contributed by atoms with Crippen LogP contribution in [-0.2, 0) is 28.6 Å². The molecule has 0 aromatic heterocycles. The number of hydrogen-bond acceptors (Lipinski definition) is 6. The van der Waals surface area contributed by atoms with Crippen LogP contribution in [0.4, 0.5) is 0 Å². The highest BCUT2D eigenvalue weighted by Gasteiger charge is 2.19. The van der Waals surface area contributed by atoms with Gasteiger partial charge in [-0.25, -0.2) is 0 Å². The van der Waals surface area contributed by atoms with Gasteiger partial charge in [0.05, 0.1) is 0 Å². The molecule has 0 amide bonds. The van der Waals surface area contributed by atoms with Crippen molar-refractivity contribution in [1.29, 1.82) is 0 Å². The fraction of sp³-hybridized carbons (Fsp3) is 0.804. The predicted molar refractivity (Wildman–Crippen MR) is 265 cm³/mol. The average molecular weight is 869 g/mol. The highest BCUT2D eigenvalue weighted by atomic mass is 16.6. The number of allylic oxidation sites excluding steroid dienone is 8. The number of hydrogen-bond donors (Lipinski definition) is 0. The highest BCUT2D eigenvalue weighted by Crippen LogP contribution is 2.16. The van der Waals surface area contributed by atoms with Crippen molar-refractivity contribution < 1.29 is 28.6 Å².